The van der Waals surface area contributed by atoms with Crippen LogP contribution in [0.15, 0.2) is 48.7 Å². The van der Waals surface area contributed by atoms with Crippen LogP contribution < -0.4 is 16.0 Å². The highest BCUT2D eigenvalue weighted by atomic mass is 16.5. The number of hydrogen-bond donors (Lipinski definition) is 2. The highest BCUT2D eigenvalue weighted by Crippen LogP contribution is 2.28. The van der Waals surface area contributed by atoms with E-state index in [4.69, 9.17) is 10.6 Å². The van der Waals surface area contributed by atoms with Gasteiger partial charge in [0.1, 0.15) is 5.75 Å². The Hall–Kier alpha value is -1.91. The maximum atomic E-state index is 5.84. The monoisotopic (exact) mass is 269 g/mol. The van der Waals surface area contributed by atoms with Crippen LogP contribution in [0.2, 0.25) is 0 Å². The maximum Gasteiger partial charge on any atom is 0.122 e. The lowest BCUT2D eigenvalue weighted by molar-refractivity contribution is 0.183. The molecule has 0 saturated heterocycles. The minimum atomic E-state index is 0.165. The van der Waals surface area contributed by atoms with Crippen LogP contribution in [0, 0.1) is 5.92 Å². The van der Waals surface area contributed by atoms with Gasteiger partial charge in [0.2, 0.25) is 0 Å². The Bertz CT molecular complexity index is 559. The minimum Gasteiger partial charge on any atom is -0.493 e. The number of nitrogens with one attached hydrogen (secondary N) is 1. The van der Waals surface area contributed by atoms with Gasteiger partial charge in [-0.15, -0.1) is 0 Å². The van der Waals surface area contributed by atoms with Crippen molar-refractivity contribution >= 4 is 0 Å². The van der Waals surface area contributed by atoms with E-state index in [1.54, 1.807) is 0 Å². The molecule has 1 aromatic heterocycles. The summed E-state index contributed by atoms with van der Waals surface area (Å²) < 4.78 is 5.84. The second kappa shape index (κ2) is 6.03. The van der Waals surface area contributed by atoms with E-state index in [0.717, 1.165) is 24.3 Å². The molecule has 0 spiro atoms. The molecule has 1 aliphatic heterocycles. The number of hydrogen-bond acceptors (Lipinski definition) is 4. The second-order valence-corrected chi connectivity index (χ2v) is 5.18. The van der Waals surface area contributed by atoms with E-state index in [0.29, 0.717) is 12.5 Å². The van der Waals surface area contributed by atoms with Crippen LogP contribution in [0.3, 0.4) is 0 Å². The number of ether oxygens (including phenoxy) is 1. The summed E-state index contributed by atoms with van der Waals surface area (Å²) in [6.45, 7) is 0.693. The van der Waals surface area contributed by atoms with Crippen molar-refractivity contribution in [3.8, 4) is 5.75 Å². The molecule has 3 N–H and O–H groups in total. The molecule has 104 valence electrons. The summed E-state index contributed by atoms with van der Waals surface area (Å²) in [6.07, 6.45) is 3.61. The molecular formula is C16H19N3O. The van der Waals surface area contributed by atoms with Crippen molar-refractivity contribution in [3.05, 3.63) is 59.9 Å². The Morgan fingerprint density at radius 1 is 1.25 bits per heavy atom. The van der Waals surface area contributed by atoms with Gasteiger partial charge in [-0.25, -0.2) is 0 Å². The highest BCUT2D eigenvalue weighted by molar-refractivity contribution is 5.35. The van der Waals surface area contributed by atoms with Crippen molar-refractivity contribution < 1.29 is 4.74 Å². The molecule has 2 unspecified atom stereocenters. The third-order valence-electron chi connectivity index (χ3n) is 3.85. The number of para-hydroxylation sites is 1. The number of benzene rings is 1. The Kier molecular flexibility index (Phi) is 3.95. The summed E-state index contributed by atoms with van der Waals surface area (Å²) >= 11 is 0. The smallest absolute Gasteiger partial charge is 0.122 e. The Labute approximate surface area is 119 Å². The van der Waals surface area contributed by atoms with Crippen LogP contribution in [0.5, 0.6) is 5.75 Å². The van der Waals surface area contributed by atoms with Gasteiger partial charge in [-0.05, 0) is 30.2 Å². The molecule has 2 atom stereocenters. The molecule has 0 bridgehead atoms. The summed E-state index contributed by atoms with van der Waals surface area (Å²) in [4.78, 5) is 4.37. The number of aromatic nitrogens is 1. The molecule has 4 nitrogen and oxygen atoms in total. The maximum absolute atomic E-state index is 5.84. The van der Waals surface area contributed by atoms with E-state index in [-0.39, 0.29) is 6.04 Å². The lowest BCUT2D eigenvalue weighted by atomic mass is 9.88. The van der Waals surface area contributed by atoms with Crippen LogP contribution in [0.25, 0.3) is 0 Å². The van der Waals surface area contributed by atoms with Gasteiger partial charge in [-0.3, -0.25) is 16.3 Å². The molecule has 0 saturated carbocycles. The van der Waals surface area contributed by atoms with Crippen LogP contribution in [0.4, 0.5) is 0 Å². The third-order valence-corrected chi connectivity index (χ3v) is 3.85. The van der Waals surface area contributed by atoms with Gasteiger partial charge in [-0.1, -0.05) is 24.3 Å². The van der Waals surface area contributed by atoms with Crippen LogP contribution in [-0.4, -0.2) is 17.6 Å². The van der Waals surface area contributed by atoms with E-state index in [2.05, 4.69) is 16.5 Å². The summed E-state index contributed by atoms with van der Waals surface area (Å²) in [5.41, 5.74) is 5.24. The van der Waals surface area contributed by atoms with Crippen LogP contribution >= 0.6 is 0 Å². The second-order valence-electron chi connectivity index (χ2n) is 5.18. The summed E-state index contributed by atoms with van der Waals surface area (Å²) in [5.74, 6) is 7.09. The molecular weight excluding hydrogens is 250 g/mol. The third kappa shape index (κ3) is 2.81. The molecule has 0 amide bonds. The fourth-order valence-electron chi connectivity index (χ4n) is 2.72. The molecule has 0 fully saturated rings. The fourth-order valence-corrected chi connectivity index (χ4v) is 2.72. The Morgan fingerprint density at radius 2 is 2.10 bits per heavy atom. The van der Waals surface area contributed by atoms with Gasteiger partial charge in [0, 0.05) is 30.3 Å². The molecule has 4 heteroatoms. The molecule has 3 rings (SSSR count). The summed E-state index contributed by atoms with van der Waals surface area (Å²) in [5, 5.41) is 0. The van der Waals surface area contributed by atoms with Crippen molar-refractivity contribution in [2.45, 2.75) is 18.9 Å². The fraction of sp³-hybridized carbons (Fsp3) is 0.312. The zero-order chi connectivity index (χ0) is 13.8. The van der Waals surface area contributed by atoms with E-state index < -0.39 is 0 Å². The van der Waals surface area contributed by atoms with Gasteiger partial charge >= 0.3 is 0 Å². The SMILES string of the molecule is NNC(Cc1ccccn1)C1COc2ccccc2C1. The number of hydrazine groups is 1. The molecule has 2 heterocycles. The van der Waals surface area contributed by atoms with Gasteiger partial charge < -0.3 is 4.74 Å². The zero-order valence-corrected chi connectivity index (χ0v) is 11.3. The number of pyridine rings is 1. The highest BCUT2D eigenvalue weighted by Gasteiger charge is 2.27. The first kappa shape index (κ1) is 13.1. The molecule has 0 radical (unpaired) electrons. The van der Waals surface area contributed by atoms with Crippen LogP contribution in [-0.2, 0) is 12.8 Å². The first-order chi connectivity index (χ1) is 9.86. The molecule has 1 aliphatic rings. The van der Waals surface area contributed by atoms with Crippen molar-refractivity contribution in [2.24, 2.45) is 11.8 Å². The zero-order valence-electron chi connectivity index (χ0n) is 11.3. The van der Waals surface area contributed by atoms with E-state index in [1.165, 1.54) is 5.56 Å². The summed E-state index contributed by atoms with van der Waals surface area (Å²) in [6, 6.07) is 14.3. The number of rotatable bonds is 4. The van der Waals surface area contributed by atoms with Crippen molar-refractivity contribution in [3.63, 3.8) is 0 Å². The predicted molar refractivity (Wildman–Crippen MR) is 78.2 cm³/mol. The van der Waals surface area contributed by atoms with Crippen molar-refractivity contribution in [1.82, 2.24) is 10.4 Å². The average molecular weight is 269 g/mol. The minimum absolute atomic E-state index is 0.165. The van der Waals surface area contributed by atoms with E-state index in [9.17, 15) is 0 Å². The van der Waals surface area contributed by atoms with E-state index >= 15 is 0 Å². The van der Waals surface area contributed by atoms with Gasteiger partial charge in [-0.2, -0.15) is 0 Å². The number of fused-ring (bicyclic) bond motifs is 1. The molecule has 0 aliphatic carbocycles. The summed E-state index contributed by atoms with van der Waals surface area (Å²) in [7, 11) is 0. The quantitative estimate of drug-likeness (QED) is 0.655. The van der Waals surface area contributed by atoms with E-state index in [1.807, 2.05) is 42.6 Å². The molecule has 1 aromatic carbocycles. The lowest BCUT2D eigenvalue weighted by Crippen LogP contribution is -2.46. The van der Waals surface area contributed by atoms with Gasteiger partial charge in [0.15, 0.2) is 0 Å². The number of nitrogens with two attached hydrogens (primary N) is 1. The van der Waals surface area contributed by atoms with Gasteiger partial charge in [0.05, 0.1) is 6.61 Å². The average Bonchev–Trinajstić information content (AvgIpc) is 2.53. The Balaban J connectivity index is 1.72. The standard InChI is InChI=1S/C16H19N3O/c17-19-15(10-14-6-3-4-8-18-14)13-9-12-5-1-2-7-16(12)20-11-13/h1-8,13,15,19H,9-11,17H2. The van der Waals surface area contributed by atoms with Crippen LogP contribution in [0.1, 0.15) is 11.3 Å². The van der Waals surface area contributed by atoms with Gasteiger partial charge in [0.25, 0.3) is 0 Å². The first-order valence-electron chi connectivity index (χ1n) is 6.93. The normalized spacial score (nSPS) is 18.9. The lowest BCUT2D eigenvalue weighted by Gasteiger charge is -2.31. The largest absolute Gasteiger partial charge is 0.493 e. The predicted octanol–water partition coefficient (Wildman–Crippen LogP) is 1.71. The number of nitrogens with zero attached hydrogens (tertiary/aromatic N) is 1. The van der Waals surface area contributed by atoms with Crippen molar-refractivity contribution in [1.29, 1.82) is 0 Å². The Morgan fingerprint density at radius 3 is 2.90 bits per heavy atom. The molecule has 2 aromatic rings. The topological polar surface area (TPSA) is 60.2 Å². The van der Waals surface area contributed by atoms with Crippen molar-refractivity contribution in [2.75, 3.05) is 6.61 Å². The molecule has 20 heavy (non-hydrogen) atoms. The first-order valence-corrected chi connectivity index (χ1v) is 6.93.